The highest BCUT2D eigenvalue weighted by molar-refractivity contribution is 5.99. The van der Waals surface area contributed by atoms with Crippen molar-refractivity contribution in [1.82, 2.24) is 9.88 Å². The zero-order valence-corrected chi connectivity index (χ0v) is 17.4. The third-order valence-electron chi connectivity index (χ3n) is 6.26. The van der Waals surface area contributed by atoms with Gasteiger partial charge in [-0.2, -0.15) is 0 Å². The standard InChI is InChI=1S/C24H22F3N3O2/c1-28-22-12-24(26,27)14-30(22)23(32)7-6-21(31)20-8-9-29-13-17(20)10-15-2-3-16-11-18(25)4-5-19(15)16/h4-5,8-9,11,13,15,22H,2-3,6-7,10,12,14H2/t15?,22-/m0/s1. The first-order chi connectivity index (χ1) is 15.3. The number of nitrogens with zero attached hydrogens (tertiary/aromatic N) is 3. The van der Waals surface area contributed by atoms with Crippen LogP contribution < -0.4 is 0 Å². The summed E-state index contributed by atoms with van der Waals surface area (Å²) in [4.78, 5) is 33.4. The van der Waals surface area contributed by atoms with Gasteiger partial charge in [-0.25, -0.2) is 19.7 Å². The van der Waals surface area contributed by atoms with Crippen LogP contribution in [0, 0.1) is 12.4 Å². The van der Waals surface area contributed by atoms with Crippen molar-refractivity contribution in [2.24, 2.45) is 0 Å². The Bertz CT molecular complexity index is 1100. The lowest BCUT2D eigenvalue weighted by atomic mass is 9.90. The first-order valence-electron chi connectivity index (χ1n) is 10.6. The van der Waals surface area contributed by atoms with Gasteiger partial charge in [-0.05, 0) is 60.1 Å². The summed E-state index contributed by atoms with van der Waals surface area (Å²) in [5, 5.41) is 0. The number of likely N-dealkylation sites (tertiary alicyclic amines) is 1. The van der Waals surface area contributed by atoms with Crippen LogP contribution in [0.5, 0.6) is 0 Å². The number of ketones is 1. The molecule has 1 fully saturated rings. The van der Waals surface area contributed by atoms with Crippen molar-refractivity contribution in [3.8, 4) is 0 Å². The van der Waals surface area contributed by atoms with Crippen LogP contribution in [0.15, 0.2) is 36.7 Å². The molecule has 0 saturated carbocycles. The van der Waals surface area contributed by atoms with Crippen molar-refractivity contribution in [2.75, 3.05) is 6.54 Å². The molecule has 0 radical (unpaired) electrons. The number of aromatic nitrogens is 1. The van der Waals surface area contributed by atoms with Gasteiger partial charge in [0.15, 0.2) is 5.78 Å². The first-order valence-corrected chi connectivity index (χ1v) is 10.6. The summed E-state index contributed by atoms with van der Waals surface area (Å²) in [5.41, 5.74) is 3.26. The summed E-state index contributed by atoms with van der Waals surface area (Å²) in [6.07, 6.45) is 3.12. The Morgan fingerprint density at radius 1 is 1.25 bits per heavy atom. The van der Waals surface area contributed by atoms with Crippen LogP contribution in [0.4, 0.5) is 13.2 Å². The van der Waals surface area contributed by atoms with Crippen molar-refractivity contribution >= 4 is 11.7 Å². The topological polar surface area (TPSA) is 54.6 Å². The smallest absolute Gasteiger partial charge is 0.294 e. The molecule has 4 rings (SSSR count). The molecule has 1 aliphatic heterocycles. The van der Waals surface area contributed by atoms with Crippen molar-refractivity contribution in [3.63, 3.8) is 0 Å². The SMILES string of the molecule is [C-]#[N+][C@@H]1CC(F)(F)CN1C(=O)CCC(=O)c1ccncc1CC1CCc2cc(F)ccc21. The minimum atomic E-state index is -3.08. The minimum absolute atomic E-state index is 0.130. The number of amides is 1. The highest BCUT2D eigenvalue weighted by Gasteiger charge is 2.50. The number of halogens is 3. The van der Waals surface area contributed by atoms with Crippen LogP contribution in [0.2, 0.25) is 0 Å². The maximum absolute atomic E-state index is 13.6. The summed E-state index contributed by atoms with van der Waals surface area (Å²) in [7, 11) is 0. The molecule has 166 valence electrons. The summed E-state index contributed by atoms with van der Waals surface area (Å²) >= 11 is 0. The number of hydrogen-bond donors (Lipinski definition) is 0. The lowest BCUT2D eigenvalue weighted by Gasteiger charge is -2.17. The lowest BCUT2D eigenvalue weighted by molar-refractivity contribution is -0.132. The summed E-state index contributed by atoms with van der Waals surface area (Å²) < 4.78 is 40.7. The minimum Gasteiger partial charge on any atom is -0.294 e. The van der Waals surface area contributed by atoms with E-state index in [1.54, 1.807) is 24.4 Å². The molecule has 0 spiro atoms. The van der Waals surface area contributed by atoms with Crippen molar-refractivity contribution in [3.05, 3.63) is 76.1 Å². The van der Waals surface area contributed by atoms with Gasteiger partial charge in [-0.3, -0.25) is 24.3 Å². The van der Waals surface area contributed by atoms with E-state index < -0.39 is 31.0 Å². The van der Waals surface area contributed by atoms with E-state index in [1.165, 1.54) is 12.3 Å². The van der Waals surface area contributed by atoms with Crippen molar-refractivity contribution < 1.29 is 22.8 Å². The van der Waals surface area contributed by atoms with E-state index in [2.05, 4.69) is 9.83 Å². The molecule has 32 heavy (non-hydrogen) atoms. The Balaban J connectivity index is 1.43. The van der Waals surface area contributed by atoms with E-state index in [0.29, 0.717) is 12.0 Å². The molecule has 1 aromatic carbocycles. The van der Waals surface area contributed by atoms with E-state index in [0.717, 1.165) is 34.4 Å². The number of fused-ring (bicyclic) bond motifs is 1. The molecule has 1 amide bonds. The van der Waals surface area contributed by atoms with Crippen molar-refractivity contribution in [1.29, 1.82) is 0 Å². The average molecular weight is 441 g/mol. The van der Waals surface area contributed by atoms with E-state index in [9.17, 15) is 22.8 Å². The molecule has 0 N–H and O–H groups in total. The van der Waals surface area contributed by atoms with Crippen LogP contribution in [0.25, 0.3) is 4.85 Å². The van der Waals surface area contributed by atoms with Crippen LogP contribution in [0.3, 0.4) is 0 Å². The zero-order chi connectivity index (χ0) is 22.9. The van der Waals surface area contributed by atoms with Crippen LogP contribution >= 0.6 is 0 Å². The highest BCUT2D eigenvalue weighted by atomic mass is 19.3. The van der Waals surface area contributed by atoms with Gasteiger partial charge in [-0.1, -0.05) is 6.07 Å². The second kappa shape index (κ2) is 8.73. The third kappa shape index (κ3) is 4.52. The predicted molar refractivity (Wildman–Crippen MR) is 111 cm³/mol. The molecule has 2 aromatic rings. The van der Waals surface area contributed by atoms with Gasteiger partial charge >= 0.3 is 6.17 Å². The number of aryl methyl sites for hydroxylation is 1. The number of alkyl halides is 2. The van der Waals surface area contributed by atoms with Gasteiger partial charge in [-0.15, -0.1) is 0 Å². The fourth-order valence-electron chi connectivity index (χ4n) is 4.68. The Morgan fingerprint density at radius 3 is 2.84 bits per heavy atom. The molecule has 2 aliphatic rings. The van der Waals surface area contributed by atoms with Gasteiger partial charge in [0.25, 0.3) is 5.92 Å². The molecular formula is C24H22F3N3O2. The molecule has 1 unspecified atom stereocenters. The first kappa shape index (κ1) is 22.0. The van der Waals surface area contributed by atoms with Gasteiger partial charge in [0.2, 0.25) is 5.91 Å². The molecule has 2 heterocycles. The number of benzene rings is 1. The number of pyridine rings is 1. The molecule has 5 nitrogen and oxygen atoms in total. The van der Waals surface area contributed by atoms with Gasteiger partial charge in [0.05, 0.1) is 6.54 Å². The monoisotopic (exact) mass is 441 g/mol. The van der Waals surface area contributed by atoms with Gasteiger partial charge < -0.3 is 0 Å². The number of rotatable bonds is 6. The number of carbonyl (C=O) groups excluding carboxylic acids is 2. The van der Waals surface area contributed by atoms with Crippen molar-refractivity contribution in [2.45, 2.75) is 56.5 Å². The molecular weight excluding hydrogens is 419 g/mol. The van der Waals surface area contributed by atoms with Gasteiger partial charge in [0.1, 0.15) is 12.2 Å². The van der Waals surface area contributed by atoms with Crippen LogP contribution in [-0.4, -0.2) is 40.2 Å². The molecule has 8 heteroatoms. The molecule has 1 aromatic heterocycles. The van der Waals surface area contributed by atoms with Crippen LogP contribution in [0.1, 0.15) is 58.6 Å². The molecule has 0 bridgehead atoms. The summed E-state index contributed by atoms with van der Waals surface area (Å²) in [5.74, 6) is -4.07. The molecule has 1 aliphatic carbocycles. The number of Topliss-reactive ketones (excluding diaryl/α,β-unsaturated/α-hetero) is 1. The van der Waals surface area contributed by atoms with E-state index in [4.69, 9.17) is 6.57 Å². The quantitative estimate of drug-likeness (QED) is 0.488. The number of carbonyl (C=O) groups is 2. The Hall–Kier alpha value is -3.21. The maximum atomic E-state index is 13.6. The fourth-order valence-corrected chi connectivity index (χ4v) is 4.68. The van der Waals surface area contributed by atoms with Gasteiger partial charge in [0, 0.05) is 30.8 Å². The largest absolute Gasteiger partial charge is 0.306 e. The molecule has 1 saturated heterocycles. The van der Waals surface area contributed by atoms with Crippen LogP contribution in [-0.2, 0) is 17.6 Å². The lowest BCUT2D eigenvalue weighted by Crippen LogP contribution is -2.35. The Morgan fingerprint density at radius 2 is 2.06 bits per heavy atom. The molecule has 2 atom stereocenters. The Labute approximate surface area is 184 Å². The average Bonchev–Trinajstić information content (AvgIpc) is 3.31. The second-order valence-corrected chi connectivity index (χ2v) is 8.43. The summed E-state index contributed by atoms with van der Waals surface area (Å²) in [6.45, 7) is 6.27. The van der Waals surface area contributed by atoms with E-state index in [1.807, 2.05) is 0 Å². The maximum Gasteiger partial charge on any atom is 0.306 e. The van der Waals surface area contributed by atoms with E-state index in [-0.39, 0.29) is 30.4 Å². The second-order valence-electron chi connectivity index (χ2n) is 8.43. The normalized spacial score (nSPS) is 21.2. The van der Waals surface area contributed by atoms with E-state index >= 15 is 0 Å². The Kier molecular flexibility index (Phi) is 6.00. The summed E-state index contributed by atoms with van der Waals surface area (Å²) in [6, 6.07) is 6.39. The fraction of sp³-hybridized carbons (Fsp3) is 0.417. The highest BCUT2D eigenvalue weighted by Crippen LogP contribution is 2.37. The predicted octanol–water partition coefficient (Wildman–Crippen LogP) is 4.57. The third-order valence-corrected chi connectivity index (χ3v) is 6.26. The number of hydrogen-bond acceptors (Lipinski definition) is 3. The zero-order valence-electron chi connectivity index (χ0n) is 17.4.